The number of carbonyl (C=O) groups is 1. The summed E-state index contributed by atoms with van der Waals surface area (Å²) in [5.41, 5.74) is 2.15. The van der Waals surface area contributed by atoms with E-state index in [0.29, 0.717) is 6.04 Å². The molecule has 0 unspecified atom stereocenters. The van der Waals surface area contributed by atoms with Gasteiger partial charge in [0.25, 0.3) is 0 Å². The van der Waals surface area contributed by atoms with Crippen molar-refractivity contribution >= 4 is 23.1 Å². The van der Waals surface area contributed by atoms with E-state index in [1.54, 1.807) is 11.3 Å². The third-order valence-electron chi connectivity index (χ3n) is 6.50. The topological polar surface area (TPSA) is 38.8 Å². The first-order valence-corrected chi connectivity index (χ1v) is 12.2. The van der Waals surface area contributed by atoms with Crippen LogP contribution in [0.25, 0.3) is 0 Å². The molecule has 1 saturated carbocycles. The lowest BCUT2D eigenvalue weighted by molar-refractivity contribution is 0.143. The van der Waals surface area contributed by atoms with Crippen LogP contribution >= 0.6 is 11.3 Å². The summed E-state index contributed by atoms with van der Waals surface area (Å²) < 4.78 is 0. The summed E-state index contributed by atoms with van der Waals surface area (Å²) in [6, 6.07) is 13.3. The molecule has 1 aromatic heterocycles. The van der Waals surface area contributed by atoms with Crippen LogP contribution in [0.15, 0.2) is 41.8 Å². The highest BCUT2D eigenvalue weighted by molar-refractivity contribution is 7.09. The minimum absolute atomic E-state index is 0.0264. The lowest BCUT2D eigenvalue weighted by Gasteiger charge is -2.35. The fourth-order valence-electron chi connectivity index (χ4n) is 4.63. The van der Waals surface area contributed by atoms with Gasteiger partial charge in [-0.2, -0.15) is 0 Å². The predicted octanol–water partition coefficient (Wildman–Crippen LogP) is 4.86. The Morgan fingerprint density at radius 1 is 1.07 bits per heavy atom. The molecule has 30 heavy (non-hydrogen) atoms. The molecule has 0 atom stereocenters. The smallest absolute Gasteiger partial charge is 0.321 e. The third kappa shape index (κ3) is 5.62. The number of piperazine rings is 1. The molecule has 0 radical (unpaired) electrons. The summed E-state index contributed by atoms with van der Waals surface area (Å²) in [4.78, 5) is 21.2. The first kappa shape index (κ1) is 21.3. The van der Waals surface area contributed by atoms with Gasteiger partial charge in [-0.05, 0) is 43.0 Å². The Balaban J connectivity index is 1.30. The standard InChI is InChI=1S/C24H34N4OS/c1-26(21-9-3-2-4-10-21)18-20-8-5-6-12-23(20)25-24(29)28-15-13-27(14-16-28)19-22-11-7-17-30-22/h5-8,11-12,17,21H,2-4,9-10,13-16,18-19H2,1H3,(H,25,29). The van der Waals surface area contributed by atoms with Crippen LogP contribution in [-0.4, -0.2) is 60.0 Å². The average Bonchev–Trinajstić information content (AvgIpc) is 3.29. The van der Waals surface area contributed by atoms with Gasteiger partial charge in [-0.25, -0.2) is 4.79 Å². The van der Waals surface area contributed by atoms with Crippen molar-refractivity contribution in [1.29, 1.82) is 0 Å². The summed E-state index contributed by atoms with van der Waals surface area (Å²) in [6.07, 6.45) is 6.64. The quantitative estimate of drug-likeness (QED) is 0.717. The molecule has 1 aliphatic heterocycles. The minimum atomic E-state index is 0.0264. The van der Waals surface area contributed by atoms with Crippen molar-refractivity contribution < 1.29 is 4.79 Å². The fraction of sp³-hybridized carbons (Fsp3) is 0.542. The Hall–Kier alpha value is -1.89. The van der Waals surface area contributed by atoms with Crippen molar-refractivity contribution in [3.8, 4) is 0 Å². The molecule has 1 saturated heterocycles. The van der Waals surface area contributed by atoms with E-state index in [-0.39, 0.29) is 6.03 Å². The van der Waals surface area contributed by atoms with Crippen LogP contribution in [0, 0.1) is 0 Å². The van der Waals surface area contributed by atoms with Gasteiger partial charge >= 0.3 is 6.03 Å². The van der Waals surface area contributed by atoms with E-state index in [4.69, 9.17) is 0 Å². The normalized spacial score (nSPS) is 18.7. The van der Waals surface area contributed by atoms with Crippen LogP contribution in [0.5, 0.6) is 0 Å². The van der Waals surface area contributed by atoms with E-state index in [0.717, 1.165) is 45.0 Å². The second kappa shape index (κ2) is 10.4. The predicted molar refractivity (Wildman–Crippen MR) is 125 cm³/mol. The number of benzene rings is 1. The van der Waals surface area contributed by atoms with Gasteiger partial charge < -0.3 is 10.2 Å². The number of rotatable bonds is 6. The Bertz CT molecular complexity index is 795. The number of hydrogen-bond acceptors (Lipinski definition) is 4. The maximum atomic E-state index is 12.9. The molecule has 1 N–H and O–H groups in total. The highest BCUT2D eigenvalue weighted by atomic mass is 32.1. The van der Waals surface area contributed by atoms with Crippen molar-refractivity contribution in [2.24, 2.45) is 0 Å². The molecule has 2 amide bonds. The molecule has 0 spiro atoms. The van der Waals surface area contributed by atoms with Gasteiger partial charge in [0.15, 0.2) is 0 Å². The van der Waals surface area contributed by atoms with Crippen LogP contribution in [0.2, 0.25) is 0 Å². The number of thiophene rings is 1. The number of nitrogens with one attached hydrogen (secondary N) is 1. The first-order valence-electron chi connectivity index (χ1n) is 11.3. The zero-order valence-corrected chi connectivity index (χ0v) is 18.9. The van der Waals surface area contributed by atoms with Crippen LogP contribution in [0.1, 0.15) is 42.5 Å². The van der Waals surface area contributed by atoms with Gasteiger partial charge in [0.05, 0.1) is 0 Å². The van der Waals surface area contributed by atoms with Crippen molar-refractivity contribution in [2.75, 3.05) is 38.5 Å². The highest BCUT2D eigenvalue weighted by Crippen LogP contribution is 2.25. The van der Waals surface area contributed by atoms with Crippen molar-refractivity contribution in [1.82, 2.24) is 14.7 Å². The highest BCUT2D eigenvalue weighted by Gasteiger charge is 2.23. The van der Waals surface area contributed by atoms with E-state index >= 15 is 0 Å². The second-order valence-corrected chi connectivity index (χ2v) is 9.67. The lowest BCUT2D eigenvalue weighted by atomic mass is 9.94. The number of para-hydroxylation sites is 1. The van der Waals surface area contributed by atoms with Crippen LogP contribution in [0.4, 0.5) is 10.5 Å². The summed E-state index contributed by atoms with van der Waals surface area (Å²) >= 11 is 1.80. The minimum Gasteiger partial charge on any atom is -0.322 e. The first-order chi connectivity index (χ1) is 14.7. The monoisotopic (exact) mass is 426 g/mol. The molecule has 0 bridgehead atoms. The zero-order valence-electron chi connectivity index (χ0n) is 18.1. The van der Waals surface area contributed by atoms with Crippen molar-refractivity contribution in [3.05, 3.63) is 52.2 Å². The maximum Gasteiger partial charge on any atom is 0.321 e. The van der Waals surface area contributed by atoms with Gasteiger partial charge in [0.1, 0.15) is 0 Å². The molecule has 4 rings (SSSR count). The molecular weight excluding hydrogens is 392 g/mol. The number of anilines is 1. The van der Waals surface area contributed by atoms with E-state index in [2.05, 4.69) is 51.8 Å². The number of carbonyl (C=O) groups excluding carboxylic acids is 1. The second-order valence-electron chi connectivity index (χ2n) is 8.64. The SMILES string of the molecule is CN(Cc1ccccc1NC(=O)N1CCN(Cc2cccs2)CC1)C1CCCCC1. The molecule has 162 valence electrons. The number of urea groups is 1. The molecule has 5 nitrogen and oxygen atoms in total. The molecule has 2 heterocycles. The maximum absolute atomic E-state index is 12.9. The summed E-state index contributed by atoms with van der Waals surface area (Å²) in [6.45, 7) is 5.29. The summed E-state index contributed by atoms with van der Waals surface area (Å²) in [5.74, 6) is 0. The molecular formula is C24H34N4OS. The van der Waals surface area contributed by atoms with Crippen molar-refractivity contribution in [2.45, 2.75) is 51.2 Å². The van der Waals surface area contributed by atoms with Crippen LogP contribution < -0.4 is 5.32 Å². The van der Waals surface area contributed by atoms with Gasteiger partial charge in [-0.15, -0.1) is 11.3 Å². The van der Waals surface area contributed by atoms with E-state index in [1.807, 2.05) is 17.0 Å². The number of hydrogen-bond donors (Lipinski definition) is 1. The third-order valence-corrected chi connectivity index (χ3v) is 7.36. The van der Waals surface area contributed by atoms with Crippen LogP contribution in [0.3, 0.4) is 0 Å². The van der Waals surface area contributed by atoms with Gasteiger partial charge in [0.2, 0.25) is 0 Å². The molecule has 1 aliphatic carbocycles. The van der Waals surface area contributed by atoms with Crippen LogP contribution in [-0.2, 0) is 13.1 Å². The lowest BCUT2D eigenvalue weighted by Crippen LogP contribution is -2.49. The Labute approximate surface area is 184 Å². The zero-order chi connectivity index (χ0) is 20.8. The molecule has 2 fully saturated rings. The van der Waals surface area contributed by atoms with Gasteiger partial charge in [-0.3, -0.25) is 9.80 Å². The Morgan fingerprint density at radius 2 is 1.83 bits per heavy atom. The summed E-state index contributed by atoms with van der Waals surface area (Å²) in [7, 11) is 2.22. The number of amides is 2. The average molecular weight is 427 g/mol. The van der Waals surface area contributed by atoms with E-state index in [9.17, 15) is 4.79 Å². The Morgan fingerprint density at radius 3 is 2.57 bits per heavy atom. The molecule has 2 aromatic rings. The van der Waals surface area contributed by atoms with Gasteiger partial charge in [0, 0.05) is 55.9 Å². The largest absolute Gasteiger partial charge is 0.322 e. The molecule has 2 aliphatic rings. The van der Waals surface area contributed by atoms with Crippen molar-refractivity contribution in [3.63, 3.8) is 0 Å². The molecule has 1 aromatic carbocycles. The number of nitrogens with zero attached hydrogens (tertiary/aromatic N) is 3. The van der Waals surface area contributed by atoms with E-state index in [1.165, 1.54) is 42.5 Å². The Kier molecular flexibility index (Phi) is 7.42. The van der Waals surface area contributed by atoms with Gasteiger partial charge in [-0.1, -0.05) is 43.5 Å². The van der Waals surface area contributed by atoms with E-state index < -0.39 is 0 Å². The summed E-state index contributed by atoms with van der Waals surface area (Å²) in [5, 5.41) is 5.32. The fourth-order valence-corrected chi connectivity index (χ4v) is 5.37. The molecule has 6 heteroatoms.